The van der Waals surface area contributed by atoms with Crippen LogP contribution in [0, 0.1) is 0 Å². The van der Waals surface area contributed by atoms with Crippen LogP contribution < -0.4 is 20.4 Å². The van der Waals surface area contributed by atoms with Crippen molar-refractivity contribution in [3.8, 4) is 0 Å². The fourth-order valence-electron chi connectivity index (χ4n) is 0. The zero-order valence-corrected chi connectivity index (χ0v) is 15.6. The Labute approximate surface area is 123 Å². The van der Waals surface area contributed by atoms with Crippen LogP contribution in [0.2, 0.25) is 0 Å². The molecular formula is C12H28O4Ta-4. The van der Waals surface area contributed by atoms with Crippen LogP contribution in [0.1, 0.15) is 55.4 Å². The second-order valence-electron chi connectivity index (χ2n) is 4.20. The molecule has 17 heavy (non-hydrogen) atoms. The van der Waals surface area contributed by atoms with E-state index in [1.165, 1.54) is 0 Å². The van der Waals surface area contributed by atoms with Crippen molar-refractivity contribution in [2.24, 2.45) is 0 Å². The smallest absolute Gasteiger partial charge is 0 e. The van der Waals surface area contributed by atoms with Crippen molar-refractivity contribution in [1.29, 1.82) is 0 Å². The van der Waals surface area contributed by atoms with Crippen LogP contribution in [0.3, 0.4) is 0 Å². The Bertz CT molecular complexity index is 61.5. The molecule has 1 radical (unpaired) electrons. The topological polar surface area (TPSA) is 92.2 Å². The third kappa shape index (κ3) is 10500. The van der Waals surface area contributed by atoms with E-state index in [0.29, 0.717) is 0 Å². The summed E-state index contributed by atoms with van der Waals surface area (Å²) in [7, 11) is 0. The average Bonchev–Trinajstić information content (AvgIpc) is 1.76. The number of hydrogen-bond acceptors (Lipinski definition) is 4. The van der Waals surface area contributed by atoms with Crippen molar-refractivity contribution in [2.75, 3.05) is 0 Å². The predicted molar refractivity (Wildman–Crippen MR) is 60.5 cm³/mol. The first-order chi connectivity index (χ1) is 6.93. The molecule has 5 heteroatoms. The second kappa shape index (κ2) is 25.4. The van der Waals surface area contributed by atoms with Crippen LogP contribution >= 0.6 is 0 Å². The van der Waals surface area contributed by atoms with E-state index >= 15 is 0 Å². The molecule has 109 valence electrons. The summed E-state index contributed by atoms with van der Waals surface area (Å²) >= 11 is 0. The van der Waals surface area contributed by atoms with Gasteiger partial charge in [0.2, 0.25) is 0 Å². The maximum Gasteiger partial charge on any atom is 0 e. The normalized spacial score (nSPS) is 8.47. The predicted octanol–water partition coefficient (Wildman–Crippen LogP) is -0.982. The molecule has 0 spiro atoms. The van der Waals surface area contributed by atoms with Gasteiger partial charge in [-0.25, -0.2) is 0 Å². The molecule has 4 nitrogen and oxygen atoms in total. The molecule has 0 unspecified atom stereocenters. The Morgan fingerprint density at radius 2 is 0.412 bits per heavy atom. The molecule has 0 saturated heterocycles. The first-order valence-electron chi connectivity index (χ1n) is 5.56. The Morgan fingerprint density at radius 3 is 0.412 bits per heavy atom. The van der Waals surface area contributed by atoms with Gasteiger partial charge in [0.05, 0.1) is 0 Å². The Hall–Kier alpha value is 0.580. The molecule has 0 bridgehead atoms. The summed E-state index contributed by atoms with van der Waals surface area (Å²) in [5, 5.41) is 38.1. The van der Waals surface area contributed by atoms with Crippen LogP contribution in [-0.4, -0.2) is 24.4 Å². The first-order valence-corrected chi connectivity index (χ1v) is 5.56. The van der Waals surface area contributed by atoms with Gasteiger partial charge in [0, 0.05) is 22.4 Å². The Balaban J connectivity index is -0.0000000369. The minimum atomic E-state index is -0.417. The van der Waals surface area contributed by atoms with Crippen molar-refractivity contribution >= 4 is 0 Å². The zero-order chi connectivity index (χ0) is 14.3. The molecule has 0 aromatic heterocycles. The molecule has 0 fully saturated rings. The summed E-state index contributed by atoms with van der Waals surface area (Å²) in [6.07, 6.45) is -1.67. The quantitative estimate of drug-likeness (QED) is 0.507. The van der Waals surface area contributed by atoms with Crippen LogP contribution in [0.4, 0.5) is 0 Å². The minimum Gasteiger partial charge on any atom is -0.852 e. The molecule has 0 aromatic carbocycles. The van der Waals surface area contributed by atoms with Gasteiger partial charge in [0.1, 0.15) is 0 Å². The van der Waals surface area contributed by atoms with E-state index in [-0.39, 0.29) is 22.4 Å². The molecule has 0 atom stereocenters. The van der Waals surface area contributed by atoms with Gasteiger partial charge in [-0.05, 0) is 0 Å². The van der Waals surface area contributed by atoms with Crippen molar-refractivity contribution < 1.29 is 42.8 Å². The van der Waals surface area contributed by atoms with Crippen LogP contribution in [0.15, 0.2) is 0 Å². The van der Waals surface area contributed by atoms with E-state index in [2.05, 4.69) is 0 Å². The van der Waals surface area contributed by atoms with Crippen LogP contribution in [0.25, 0.3) is 0 Å². The third-order valence-corrected chi connectivity index (χ3v) is 0. The van der Waals surface area contributed by atoms with E-state index in [9.17, 15) is 20.4 Å². The maximum atomic E-state index is 9.53. The van der Waals surface area contributed by atoms with Gasteiger partial charge >= 0.3 is 0 Å². The van der Waals surface area contributed by atoms with E-state index in [0.717, 1.165) is 0 Å². The minimum absolute atomic E-state index is 0. The van der Waals surface area contributed by atoms with E-state index in [1.807, 2.05) is 0 Å². The average molecular weight is 417 g/mol. The van der Waals surface area contributed by atoms with E-state index < -0.39 is 24.4 Å². The van der Waals surface area contributed by atoms with E-state index in [1.54, 1.807) is 55.4 Å². The first kappa shape index (κ1) is 30.5. The van der Waals surface area contributed by atoms with Crippen LogP contribution in [-0.2, 0) is 22.4 Å². The number of rotatable bonds is 0. The summed E-state index contributed by atoms with van der Waals surface area (Å²) in [5.74, 6) is 0. The zero-order valence-electron chi connectivity index (χ0n) is 12.4. The Morgan fingerprint density at radius 1 is 0.412 bits per heavy atom. The molecule has 0 rings (SSSR count). The molecule has 0 aliphatic carbocycles. The fourth-order valence-corrected chi connectivity index (χ4v) is 0. The van der Waals surface area contributed by atoms with Gasteiger partial charge in [0.15, 0.2) is 0 Å². The molecular weight excluding hydrogens is 389 g/mol. The number of hydrogen-bond donors (Lipinski definition) is 0. The Kier molecular flexibility index (Phi) is 45.7. The fraction of sp³-hybridized carbons (Fsp3) is 1.00. The standard InChI is InChI=1S/4C3H7O.Ta/c4*1-3(2)4;/h4*3H,1-2H3;/q4*-1;. The van der Waals surface area contributed by atoms with Gasteiger partial charge in [-0.3, -0.25) is 0 Å². The largest absolute Gasteiger partial charge is 0.852 e. The van der Waals surface area contributed by atoms with Gasteiger partial charge in [-0.2, -0.15) is 0 Å². The summed E-state index contributed by atoms with van der Waals surface area (Å²) in [6.45, 7) is 12.9. The van der Waals surface area contributed by atoms with Crippen LogP contribution in [0.5, 0.6) is 0 Å². The molecule has 0 aromatic rings. The second-order valence-corrected chi connectivity index (χ2v) is 4.20. The van der Waals surface area contributed by atoms with Crippen molar-refractivity contribution in [2.45, 2.75) is 79.8 Å². The third-order valence-electron chi connectivity index (χ3n) is 0. The molecule has 0 aliphatic heterocycles. The molecule has 0 N–H and O–H groups in total. The molecule has 0 aliphatic rings. The SMILES string of the molecule is CC(C)[O-].CC(C)[O-].CC(C)[O-].CC(C)[O-].[Ta]. The summed E-state index contributed by atoms with van der Waals surface area (Å²) in [6, 6.07) is 0. The molecule has 0 amide bonds. The van der Waals surface area contributed by atoms with Gasteiger partial charge < -0.3 is 20.4 Å². The van der Waals surface area contributed by atoms with Gasteiger partial charge in [-0.1, -0.05) is 55.4 Å². The maximum absolute atomic E-state index is 9.53. The summed E-state index contributed by atoms with van der Waals surface area (Å²) in [4.78, 5) is 0. The monoisotopic (exact) mass is 417 g/mol. The van der Waals surface area contributed by atoms with Gasteiger partial charge in [-0.15, -0.1) is 24.4 Å². The summed E-state index contributed by atoms with van der Waals surface area (Å²) < 4.78 is 0. The van der Waals surface area contributed by atoms with E-state index in [4.69, 9.17) is 0 Å². The molecule has 0 heterocycles. The van der Waals surface area contributed by atoms with Crippen molar-refractivity contribution in [3.63, 3.8) is 0 Å². The summed E-state index contributed by atoms with van der Waals surface area (Å²) in [5.41, 5.74) is 0. The van der Waals surface area contributed by atoms with Crippen molar-refractivity contribution in [3.05, 3.63) is 0 Å². The van der Waals surface area contributed by atoms with Crippen molar-refractivity contribution in [1.82, 2.24) is 0 Å². The van der Waals surface area contributed by atoms with Gasteiger partial charge in [0.25, 0.3) is 0 Å². The molecule has 0 saturated carbocycles.